The number of carbonyl (C=O) groups excluding carboxylic acids is 2. The highest BCUT2D eigenvalue weighted by molar-refractivity contribution is 14.1. The van der Waals surface area contributed by atoms with E-state index in [0.717, 1.165) is 14.5 Å². The van der Waals surface area contributed by atoms with Crippen molar-refractivity contribution in [2.45, 2.75) is 19.8 Å². The summed E-state index contributed by atoms with van der Waals surface area (Å²) in [6.07, 6.45) is 1.28. The number of benzene rings is 1. The Kier molecular flexibility index (Phi) is 5.00. The fourth-order valence-electron chi connectivity index (χ4n) is 2.28. The van der Waals surface area contributed by atoms with Crippen molar-refractivity contribution in [3.8, 4) is 0 Å². The van der Waals surface area contributed by atoms with Crippen molar-refractivity contribution in [1.82, 2.24) is 4.90 Å². The Morgan fingerprint density at radius 1 is 1.53 bits per heavy atom. The zero-order chi connectivity index (χ0) is 14.0. The lowest BCUT2D eigenvalue weighted by Gasteiger charge is -2.31. The van der Waals surface area contributed by atoms with Gasteiger partial charge in [0, 0.05) is 33.5 Å². The standard InChI is InChI=1S/C14H15BrINO2/c1-2-9-8-17(6-5-13(9)18)14(19)11-7-10(16)3-4-12(11)15/h3-4,7,9H,2,5-6,8H2,1H3. The van der Waals surface area contributed by atoms with Gasteiger partial charge in [-0.2, -0.15) is 0 Å². The van der Waals surface area contributed by atoms with Gasteiger partial charge in [-0.05, 0) is 63.1 Å². The van der Waals surface area contributed by atoms with Gasteiger partial charge in [0.2, 0.25) is 0 Å². The minimum Gasteiger partial charge on any atom is -0.337 e. The molecule has 1 fully saturated rings. The number of amides is 1. The predicted octanol–water partition coefficient (Wildman–Crippen LogP) is 3.49. The van der Waals surface area contributed by atoms with Gasteiger partial charge in [0.15, 0.2) is 0 Å². The first-order chi connectivity index (χ1) is 9.02. The lowest BCUT2D eigenvalue weighted by atomic mass is 9.93. The first-order valence-corrected chi connectivity index (χ1v) is 8.17. The molecule has 1 unspecified atom stereocenters. The molecule has 102 valence electrons. The molecule has 0 aromatic heterocycles. The second-order valence-electron chi connectivity index (χ2n) is 4.70. The topological polar surface area (TPSA) is 37.4 Å². The van der Waals surface area contributed by atoms with Gasteiger partial charge in [0.25, 0.3) is 5.91 Å². The summed E-state index contributed by atoms with van der Waals surface area (Å²) < 4.78 is 1.84. The van der Waals surface area contributed by atoms with E-state index in [1.807, 2.05) is 25.1 Å². The average Bonchev–Trinajstić information content (AvgIpc) is 2.41. The average molecular weight is 436 g/mol. The van der Waals surface area contributed by atoms with Crippen molar-refractivity contribution in [2.24, 2.45) is 5.92 Å². The maximum Gasteiger partial charge on any atom is 0.255 e. The van der Waals surface area contributed by atoms with Crippen molar-refractivity contribution in [3.63, 3.8) is 0 Å². The molecule has 2 rings (SSSR count). The summed E-state index contributed by atoms with van der Waals surface area (Å²) >= 11 is 5.62. The Morgan fingerprint density at radius 3 is 2.95 bits per heavy atom. The number of carbonyl (C=O) groups is 2. The molecule has 1 saturated heterocycles. The molecule has 1 aromatic rings. The zero-order valence-corrected chi connectivity index (χ0v) is 14.4. The molecule has 0 spiro atoms. The summed E-state index contributed by atoms with van der Waals surface area (Å²) in [7, 11) is 0. The van der Waals surface area contributed by atoms with Crippen LogP contribution in [0.2, 0.25) is 0 Å². The third kappa shape index (κ3) is 3.37. The molecule has 0 radical (unpaired) electrons. The number of hydrogen-bond donors (Lipinski definition) is 0. The van der Waals surface area contributed by atoms with Crippen molar-refractivity contribution in [1.29, 1.82) is 0 Å². The monoisotopic (exact) mass is 435 g/mol. The van der Waals surface area contributed by atoms with E-state index in [1.165, 1.54) is 0 Å². The Balaban J connectivity index is 2.20. The van der Waals surface area contributed by atoms with E-state index in [-0.39, 0.29) is 17.6 Å². The predicted molar refractivity (Wildman–Crippen MR) is 86.2 cm³/mol. The Bertz CT molecular complexity index is 518. The maximum absolute atomic E-state index is 12.5. The van der Waals surface area contributed by atoms with Gasteiger partial charge in [-0.15, -0.1) is 0 Å². The summed E-state index contributed by atoms with van der Waals surface area (Å²) in [5, 5.41) is 0. The molecule has 1 aromatic carbocycles. The number of rotatable bonds is 2. The highest BCUT2D eigenvalue weighted by Gasteiger charge is 2.29. The SMILES string of the molecule is CCC1CN(C(=O)c2cc(I)ccc2Br)CCC1=O. The van der Waals surface area contributed by atoms with E-state index in [9.17, 15) is 9.59 Å². The van der Waals surface area contributed by atoms with E-state index in [0.29, 0.717) is 25.1 Å². The molecule has 19 heavy (non-hydrogen) atoms. The lowest BCUT2D eigenvalue weighted by Crippen LogP contribution is -2.44. The van der Waals surface area contributed by atoms with Gasteiger partial charge in [-0.3, -0.25) is 9.59 Å². The molecule has 0 aliphatic carbocycles. The first kappa shape index (κ1) is 15.0. The van der Waals surface area contributed by atoms with Crippen LogP contribution in [0.4, 0.5) is 0 Å². The molecule has 1 heterocycles. The molecule has 0 bridgehead atoms. The van der Waals surface area contributed by atoms with Gasteiger partial charge in [-0.25, -0.2) is 0 Å². The van der Waals surface area contributed by atoms with Crippen LogP contribution in [-0.2, 0) is 4.79 Å². The number of nitrogens with zero attached hydrogens (tertiary/aromatic N) is 1. The zero-order valence-electron chi connectivity index (χ0n) is 10.7. The first-order valence-electron chi connectivity index (χ1n) is 6.30. The van der Waals surface area contributed by atoms with Crippen LogP contribution in [0.25, 0.3) is 0 Å². The molecule has 3 nitrogen and oxygen atoms in total. The number of piperidine rings is 1. The number of hydrogen-bond acceptors (Lipinski definition) is 2. The number of likely N-dealkylation sites (tertiary alicyclic amines) is 1. The van der Waals surface area contributed by atoms with Crippen LogP contribution in [0.1, 0.15) is 30.1 Å². The fraction of sp³-hybridized carbons (Fsp3) is 0.429. The van der Waals surface area contributed by atoms with E-state index in [2.05, 4.69) is 38.5 Å². The van der Waals surface area contributed by atoms with Crippen LogP contribution in [0.15, 0.2) is 22.7 Å². The molecule has 1 amide bonds. The smallest absolute Gasteiger partial charge is 0.255 e. The lowest BCUT2D eigenvalue weighted by molar-refractivity contribution is -0.125. The molecule has 0 saturated carbocycles. The van der Waals surface area contributed by atoms with Crippen molar-refractivity contribution in [2.75, 3.05) is 13.1 Å². The number of ketones is 1. The highest BCUT2D eigenvalue weighted by atomic mass is 127. The number of Topliss-reactive ketones (excluding diaryl/α,β-unsaturated/α-hetero) is 1. The summed E-state index contributed by atoms with van der Waals surface area (Å²) in [6, 6.07) is 5.72. The molecule has 1 aliphatic rings. The van der Waals surface area contributed by atoms with Crippen LogP contribution < -0.4 is 0 Å². The minimum atomic E-state index is -0.000685. The van der Waals surface area contributed by atoms with Crippen LogP contribution in [-0.4, -0.2) is 29.7 Å². The largest absolute Gasteiger partial charge is 0.337 e. The quantitative estimate of drug-likeness (QED) is 0.666. The summed E-state index contributed by atoms with van der Waals surface area (Å²) in [5.41, 5.74) is 0.677. The molecule has 1 aliphatic heterocycles. The van der Waals surface area contributed by atoms with Gasteiger partial charge < -0.3 is 4.90 Å². The van der Waals surface area contributed by atoms with Crippen LogP contribution in [0.3, 0.4) is 0 Å². The summed E-state index contributed by atoms with van der Waals surface area (Å²) in [4.78, 5) is 26.0. The number of halogens is 2. The maximum atomic E-state index is 12.5. The van der Waals surface area contributed by atoms with E-state index in [4.69, 9.17) is 0 Å². The molecule has 5 heteroatoms. The van der Waals surface area contributed by atoms with Gasteiger partial charge in [0.1, 0.15) is 5.78 Å². The molecule has 1 atom stereocenters. The van der Waals surface area contributed by atoms with Crippen LogP contribution in [0.5, 0.6) is 0 Å². The van der Waals surface area contributed by atoms with Gasteiger partial charge in [0.05, 0.1) is 5.56 Å². The normalized spacial score (nSPS) is 19.6. The van der Waals surface area contributed by atoms with Crippen molar-refractivity contribution < 1.29 is 9.59 Å². The second-order valence-corrected chi connectivity index (χ2v) is 6.80. The van der Waals surface area contributed by atoms with Gasteiger partial charge in [-0.1, -0.05) is 6.92 Å². The van der Waals surface area contributed by atoms with Crippen LogP contribution in [0, 0.1) is 9.49 Å². The summed E-state index contributed by atoms with van der Waals surface area (Å²) in [5.74, 6) is 0.295. The second kappa shape index (κ2) is 6.35. The fourth-order valence-corrected chi connectivity index (χ4v) is 3.19. The van der Waals surface area contributed by atoms with Crippen LogP contribution >= 0.6 is 38.5 Å². The third-order valence-electron chi connectivity index (χ3n) is 3.46. The van der Waals surface area contributed by atoms with E-state index < -0.39 is 0 Å². The molecular weight excluding hydrogens is 421 g/mol. The Hall–Kier alpha value is -0.430. The van der Waals surface area contributed by atoms with E-state index in [1.54, 1.807) is 4.90 Å². The third-order valence-corrected chi connectivity index (χ3v) is 4.83. The Morgan fingerprint density at radius 2 is 2.26 bits per heavy atom. The minimum absolute atomic E-state index is 0.000685. The van der Waals surface area contributed by atoms with Gasteiger partial charge >= 0.3 is 0 Å². The van der Waals surface area contributed by atoms with Crippen molar-refractivity contribution in [3.05, 3.63) is 31.8 Å². The van der Waals surface area contributed by atoms with Crippen molar-refractivity contribution >= 4 is 50.2 Å². The Labute approximate surface area is 135 Å². The molecular formula is C14H15BrINO2. The highest BCUT2D eigenvalue weighted by Crippen LogP contribution is 2.24. The molecule has 0 N–H and O–H groups in total. The summed E-state index contributed by atoms with van der Waals surface area (Å²) in [6.45, 7) is 3.08. The van der Waals surface area contributed by atoms with E-state index >= 15 is 0 Å².